The van der Waals surface area contributed by atoms with E-state index in [1.165, 1.54) is 0 Å². The molecule has 0 spiro atoms. The normalized spacial score (nSPS) is 21.5. The van der Waals surface area contributed by atoms with Crippen molar-refractivity contribution in [1.82, 2.24) is 19.7 Å². The maximum Gasteiger partial charge on any atom is 0.124 e. The van der Waals surface area contributed by atoms with E-state index in [0.29, 0.717) is 23.5 Å². The summed E-state index contributed by atoms with van der Waals surface area (Å²) in [6.45, 7) is 3.60. The molecule has 2 aliphatic heterocycles. The van der Waals surface area contributed by atoms with Crippen molar-refractivity contribution in [2.24, 2.45) is 0 Å². The van der Waals surface area contributed by atoms with Crippen LogP contribution in [0.1, 0.15) is 31.7 Å². The molecule has 4 heterocycles. The van der Waals surface area contributed by atoms with Gasteiger partial charge in [0.15, 0.2) is 0 Å². The highest BCUT2D eigenvalue weighted by Crippen LogP contribution is 2.30. The minimum atomic E-state index is -0.186. The first kappa shape index (κ1) is 20.1. The number of aliphatic hydroxyl groups is 1. The summed E-state index contributed by atoms with van der Waals surface area (Å²) >= 11 is 6.18. The van der Waals surface area contributed by atoms with Crippen molar-refractivity contribution < 1.29 is 9.84 Å². The Labute approximate surface area is 165 Å². The van der Waals surface area contributed by atoms with Crippen LogP contribution in [0.4, 0.5) is 5.82 Å². The van der Waals surface area contributed by atoms with Crippen LogP contribution < -0.4 is 5.73 Å². The molecule has 2 aliphatic rings. The van der Waals surface area contributed by atoms with Crippen molar-refractivity contribution >= 4 is 17.4 Å². The van der Waals surface area contributed by atoms with Crippen LogP contribution in [0, 0.1) is 0 Å². The van der Waals surface area contributed by atoms with Crippen LogP contribution in [0.2, 0.25) is 5.02 Å². The summed E-state index contributed by atoms with van der Waals surface area (Å²) in [5.74, 6) is 0.469. The highest BCUT2D eigenvalue weighted by Gasteiger charge is 2.19. The molecule has 2 fully saturated rings. The Morgan fingerprint density at radius 1 is 1.26 bits per heavy atom. The molecular weight excluding hydrogens is 366 g/mol. The molecule has 0 aliphatic carbocycles. The van der Waals surface area contributed by atoms with Gasteiger partial charge in [-0.25, -0.2) is 4.98 Å². The summed E-state index contributed by atoms with van der Waals surface area (Å²) in [5, 5.41) is 13.9. The SMILES string of the molecule is CN1CCC(n2cc(-c3cc(N)ncc3Cl)cn2)CC1.OC1CCCOC1. The van der Waals surface area contributed by atoms with Gasteiger partial charge in [0.25, 0.3) is 0 Å². The van der Waals surface area contributed by atoms with E-state index in [-0.39, 0.29) is 6.10 Å². The third-order valence-electron chi connectivity index (χ3n) is 4.99. The quantitative estimate of drug-likeness (QED) is 0.815. The van der Waals surface area contributed by atoms with Crippen molar-refractivity contribution in [3.05, 3.63) is 29.7 Å². The van der Waals surface area contributed by atoms with Gasteiger partial charge in [0.05, 0.1) is 30.0 Å². The van der Waals surface area contributed by atoms with Gasteiger partial charge in [-0.3, -0.25) is 4.68 Å². The molecule has 0 bridgehead atoms. The Bertz CT molecular complexity index is 725. The third-order valence-corrected chi connectivity index (χ3v) is 5.29. The number of likely N-dealkylation sites (tertiary alicyclic amines) is 1. The number of piperidine rings is 1. The van der Waals surface area contributed by atoms with Gasteiger partial charge in [-0.05, 0) is 51.9 Å². The molecule has 0 radical (unpaired) electrons. The monoisotopic (exact) mass is 393 g/mol. The predicted octanol–water partition coefficient (Wildman–Crippen LogP) is 2.61. The van der Waals surface area contributed by atoms with Crippen molar-refractivity contribution in [3.63, 3.8) is 0 Å². The zero-order valence-electron chi connectivity index (χ0n) is 15.7. The highest BCUT2D eigenvalue weighted by molar-refractivity contribution is 6.33. The molecular formula is C19H28ClN5O2. The predicted molar refractivity (Wildman–Crippen MR) is 107 cm³/mol. The fourth-order valence-corrected chi connectivity index (χ4v) is 3.55. The lowest BCUT2D eigenvalue weighted by atomic mass is 10.1. The first-order valence-electron chi connectivity index (χ1n) is 9.43. The number of anilines is 1. The topological polar surface area (TPSA) is 89.4 Å². The van der Waals surface area contributed by atoms with Crippen LogP contribution in [0.3, 0.4) is 0 Å². The largest absolute Gasteiger partial charge is 0.391 e. The van der Waals surface area contributed by atoms with Gasteiger partial charge in [0.2, 0.25) is 0 Å². The van der Waals surface area contributed by atoms with Crippen molar-refractivity contribution in [3.8, 4) is 11.1 Å². The second kappa shape index (κ2) is 9.50. The highest BCUT2D eigenvalue weighted by atomic mass is 35.5. The Kier molecular flexibility index (Phi) is 7.07. The zero-order chi connectivity index (χ0) is 19.2. The van der Waals surface area contributed by atoms with Gasteiger partial charge < -0.3 is 20.5 Å². The number of hydrogen-bond donors (Lipinski definition) is 2. The van der Waals surface area contributed by atoms with Crippen LogP contribution in [0.25, 0.3) is 11.1 Å². The third kappa shape index (κ3) is 5.65. The van der Waals surface area contributed by atoms with E-state index < -0.39 is 0 Å². The van der Waals surface area contributed by atoms with Gasteiger partial charge in [-0.2, -0.15) is 5.10 Å². The Balaban J connectivity index is 0.000000253. The summed E-state index contributed by atoms with van der Waals surface area (Å²) in [6.07, 6.45) is 9.48. The van der Waals surface area contributed by atoms with E-state index in [2.05, 4.69) is 32.9 Å². The Hall–Kier alpha value is -1.67. The summed E-state index contributed by atoms with van der Waals surface area (Å²) in [5.41, 5.74) is 7.60. The number of aromatic nitrogens is 3. The van der Waals surface area contributed by atoms with E-state index in [4.69, 9.17) is 27.2 Å². The lowest BCUT2D eigenvalue weighted by Crippen LogP contribution is -2.31. The van der Waals surface area contributed by atoms with Gasteiger partial charge >= 0.3 is 0 Å². The Morgan fingerprint density at radius 3 is 2.67 bits per heavy atom. The first-order chi connectivity index (χ1) is 13.0. The minimum absolute atomic E-state index is 0.186. The molecule has 3 N–H and O–H groups in total. The summed E-state index contributed by atoms with van der Waals surface area (Å²) in [7, 11) is 2.16. The molecule has 2 saturated heterocycles. The standard InChI is InChI=1S/C14H18ClN5.C5H10O2/c1-19-4-2-11(3-5-19)20-9-10(7-18-20)12-6-14(16)17-8-13(12)15;6-5-2-1-3-7-4-5/h6-9,11H,2-5H2,1H3,(H2,16,17);5-6H,1-4H2. The lowest BCUT2D eigenvalue weighted by Gasteiger charge is -2.28. The number of nitrogens with two attached hydrogens (primary N) is 1. The fourth-order valence-electron chi connectivity index (χ4n) is 3.34. The molecule has 1 atom stereocenters. The van der Waals surface area contributed by atoms with E-state index in [1.54, 1.807) is 12.3 Å². The number of hydrogen-bond acceptors (Lipinski definition) is 6. The molecule has 0 saturated carbocycles. The molecule has 7 nitrogen and oxygen atoms in total. The number of nitrogen functional groups attached to an aromatic ring is 1. The minimum Gasteiger partial charge on any atom is -0.391 e. The number of ether oxygens (including phenoxy) is 1. The molecule has 8 heteroatoms. The number of rotatable bonds is 2. The van der Waals surface area contributed by atoms with Crippen LogP contribution in [0.5, 0.6) is 0 Å². The van der Waals surface area contributed by atoms with Gasteiger partial charge in [0, 0.05) is 30.1 Å². The van der Waals surface area contributed by atoms with Crippen LogP contribution >= 0.6 is 11.6 Å². The lowest BCUT2D eigenvalue weighted by molar-refractivity contribution is -0.00535. The number of halogens is 1. The molecule has 4 rings (SSSR count). The summed E-state index contributed by atoms with van der Waals surface area (Å²) in [4.78, 5) is 6.33. The molecule has 148 valence electrons. The summed E-state index contributed by atoms with van der Waals surface area (Å²) in [6, 6.07) is 2.26. The van der Waals surface area contributed by atoms with E-state index in [0.717, 1.165) is 56.5 Å². The van der Waals surface area contributed by atoms with Crippen molar-refractivity contribution in [2.75, 3.05) is 39.1 Å². The van der Waals surface area contributed by atoms with Crippen molar-refractivity contribution in [1.29, 1.82) is 0 Å². The first-order valence-corrected chi connectivity index (χ1v) is 9.80. The average molecular weight is 394 g/mol. The Morgan fingerprint density at radius 2 is 2.04 bits per heavy atom. The second-order valence-electron chi connectivity index (χ2n) is 7.20. The fraction of sp³-hybridized carbons (Fsp3) is 0.579. The number of aliphatic hydroxyl groups excluding tert-OH is 1. The van der Waals surface area contributed by atoms with Gasteiger partial charge in [-0.1, -0.05) is 11.6 Å². The van der Waals surface area contributed by atoms with Crippen LogP contribution in [0.15, 0.2) is 24.7 Å². The molecule has 27 heavy (non-hydrogen) atoms. The second-order valence-corrected chi connectivity index (χ2v) is 7.61. The maximum atomic E-state index is 8.78. The zero-order valence-corrected chi connectivity index (χ0v) is 16.5. The molecule has 0 aromatic carbocycles. The smallest absolute Gasteiger partial charge is 0.124 e. The average Bonchev–Trinajstić information content (AvgIpc) is 3.15. The molecule has 2 aromatic rings. The number of nitrogens with zero attached hydrogens (tertiary/aromatic N) is 4. The van der Waals surface area contributed by atoms with E-state index in [9.17, 15) is 0 Å². The van der Waals surface area contributed by atoms with E-state index in [1.807, 2.05) is 6.20 Å². The van der Waals surface area contributed by atoms with Crippen LogP contribution in [-0.2, 0) is 4.74 Å². The van der Waals surface area contributed by atoms with Crippen molar-refractivity contribution in [2.45, 2.75) is 37.8 Å². The van der Waals surface area contributed by atoms with Gasteiger partial charge in [0.1, 0.15) is 5.82 Å². The number of pyridine rings is 1. The molecule has 2 aromatic heterocycles. The maximum absolute atomic E-state index is 8.78. The van der Waals surface area contributed by atoms with Gasteiger partial charge in [-0.15, -0.1) is 0 Å². The molecule has 1 unspecified atom stereocenters. The summed E-state index contributed by atoms with van der Waals surface area (Å²) < 4.78 is 6.98. The van der Waals surface area contributed by atoms with Crippen LogP contribution in [-0.4, -0.2) is 64.2 Å². The molecule has 0 amide bonds. The van der Waals surface area contributed by atoms with E-state index >= 15 is 0 Å².